The highest BCUT2D eigenvalue weighted by atomic mass is 16.5. The summed E-state index contributed by atoms with van der Waals surface area (Å²) in [5.41, 5.74) is 10.3. The maximum absolute atomic E-state index is 5.86. The molecule has 0 heterocycles. The lowest BCUT2D eigenvalue weighted by Gasteiger charge is -2.09. The molecule has 0 radical (unpaired) electrons. The largest absolute Gasteiger partial charge is 0.399 e. The Morgan fingerprint density at radius 2 is 1.78 bits per heavy atom. The zero-order valence-electron chi connectivity index (χ0n) is 10.7. The van der Waals surface area contributed by atoms with Crippen molar-refractivity contribution in [2.45, 2.75) is 20.0 Å². The third-order valence-corrected chi connectivity index (χ3v) is 3.12. The van der Waals surface area contributed by atoms with Crippen LogP contribution >= 0.6 is 0 Å². The Labute approximate surface area is 108 Å². The lowest BCUT2D eigenvalue weighted by atomic mass is 10.1. The molecule has 0 amide bonds. The van der Waals surface area contributed by atoms with Crippen molar-refractivity contribution >= 4 is 5.69 Å². The summed E-state index contributed by atoms with van der Waals surface area (Å²) in [6, 6.07) is 16.3. The van der Waals surface area contributed by atoms with Crippen LogP contribution in [-0.4, -0.2) is 6.61 Å². The van der Waals surface area contributed by atoms with Crippen molar-refractivity contribution in [2.24, 2.45) is 0 Å². The fraction of sp³-hybridized carbons (Fsp3) is 0.250. The highest BCUT2D eigenvalue weighted by Crippen LogP contribution is 2.16. The topological polar surface area (TPSA) is 35.2 Å². The zero-order valence-corrected chi connectivity index (χ0v) is 10.7. The van der Waals surface area contributed by atoms with E-state index in [1.165, 1.54) is 11.1 Å². The van der Waals surface area contributed by atoms with E-state index in [4.69, 9.17) is 10.5 Å². The minimum Gasteiger partial charge on any atom is -0.399 e. The summed E-state index contributed by atoms with van der Waals surface area (Å²) in [5.74, 6) is 0. The predicted molar refractivity (Wildman–Crippen MR) is 75.4 cm³/mol. The minimum absolute atomic E-state index is 0.629. The van der Waals surface area contributed by atoms with Crippen LogP contribution in [0.25, 0.3) is 0 Å². The van der Waals surface area contributed by atoms with Crippen LogP contribution in [0, 0.1) is 6.92 Å². The van der Waals surface area contributed by atoms with Crippen LogP contribution in [0.5, 0.6) is 0 Å². The number of rotatable bonds is 5. The van der Waals surface area contributed by atoms with Gasteiger partial charge in [0.1, 0.15) is 0 Å². The Bertz CT molecular complexity index is 494. The molecule has 2 heteroatoms. The average molecular weight is 241 g/mol. The minimum atomic E-state index is 0.629. The summed E-state index contributed by atoms with van der Waals surface area (Å²) in [5, 5.41) is 0. The Hall–Kier alpha value is -1.80. The number of nitrogen functional groups attached to an aromatic ring is 1. The summed E-state index contributed by atoms with van der Waals surface area (Å²) in [6.45, 7) is 3.40. The summed E-state index contributed by atoms with van der Waals surface area (Å²) >= 11 is 0. The molecule has 0 saturated carbocycles. The number of ether oxygens (including phenoxy) is 1. The van der Waals surface area contributed by atoms with Crippen molar-refractivity contribution in [1.29, 1.82) is 0 Å². The molecule has 0 unspecified atom stereocenters. The van der Waals surface area contributed by atoms with Crippen LogP contribution in [0.15, 0.2) is 48.5 Å². The molecule has 2 N–H and O–H groups in total. The number of hydrogen-bond acceptors (Lipinski definition) is 2. The molecule has 0 bridgehead atoms. The molecule has 0 spiro atoms. The number of anilines is 1. The van der Waals surface area contributed by atoms with Crippen molar-refractivity contribution in [1.82, 2.24) is 0 Å². The van der Waals surface area contributed by atoms with E-state index >= 15 is 0 Å². The monoisotopic (exact) mass is 241 g/mol. The van der Waals surface area contributed by atoms with E-state index in [-0.39, 0.29) is 0 Å². The molecule has 0 atom stereocenters. The third kappa shape index (κ3) is 3.34. The highest BCUT2D eigenvalue weighted by molar-refractivity contribution is 5.49. The molecular weight excluding hydrogens is 222 g/mol. The number of nitrogens with two attached hydrogens (primary N) is 1. The first-order valence-electron chi connectivity index (χ1n) is 6.23. The van der Waals surface area contributed by atoms with Gasteiger partial charge in [-0.3, -0.25) is 0 Å². The van der Waals surface area contributed by atoms with Gasteiger partial charge in [-0.05, 0) is 36.1 Å². The van der Waals surface area contributed by atoms with Gasteiger partial charge in [-0.15, -0.1) is 0 Å². The number of benzene rings is 2. The first kappa shape index (κ1) is 12.7. The second-order valence-electron chi connectivity index (χ2n) is 4.42. The quantitative estimate of drug-likeness (QED) is 0.643. The van der Waals surface area contributed by atoms with Gasteiger partial charge in [0.15, 0.2) is 0 Å². The van der Waals surface area contributed by atoms with Gasteiger partial charge in [0.2, 0.25) is 0 Å². The third-order valence-electron chi connectivity index (χ3n) is 3.12. The van der Waals surface area contributed by atoms with E-state index < -0.39 is 0 Å². The van der Waals surface area contributed by atoms with Crippen LogP contribution in [0.1, 0.15) is 16.7 Å². The molecule has 2 nitrogen and oxygen atoms in total. The van der Waals surface area contributed by atoms with E-state index in [2.05, 4.69) is 30.3 Å². The zero-order chi connectivity index (χ0) is 12.8. The summed E-state index contributed by atoms with van der Waals surface area (Å²) in [7, 11) is 0. The first-order chi connectivity index (χ1) is 8.77. The molecule has 0 aliphatic carbocycles. The molecule has 0 aliphatic rings. The van der Waals surface area contributed by atoms with Crippen molar-refractivity contribution in [3.05, 3.63) is 65.2 Å². The Kier molecular flexibility index (Phi) is 4.37. The molecule has 0 aromatic heterocycles. The molecule has 2 rings (SSSR count). The lowest BCUT2D eigenvalue weighted by Crippen LogP contribution is -2.01. The van der Waals surface area contributed by atoms with Gasteiger partial charge >= 0.3 is 0 Å². The van der Waals surface area contributed by atoms with Crippen molar-refractivity contribution in [3.63, 3.8) is 0 Å². The molecule has 0 fully saturated rings. The normalized spacial score (nSPS) is 10.5. The summed E-state index contributed by atoms with van der Waals surface area (Å²) < 4.78 is 5.70. The van der Waals surface area contributed by atoms with E-state index in [0.29, 0.717) is 6.61 Å². The van der Waals surface area contributed by atoms with Crippen LogP contribution in [-0.2, 0) is 17.8 Å². The molecule has 2 aromatic carbocycles. The lowest BCUT2D eigenvalue weighted by molar-refractivity contribution is 0.123. The van der Waals surface area contributed by atoms with Gasteiger partial charge in [-0.1, -0.05) is 42.5 Å². The maximum Gasteiger partial charge on any atom is 0.0720 e. The average Bonchev–Trinajstić information content (AvgIpc) is 2.40. The van der Waals surface area contributed by atoms with Crippen molar-refractivity contribution < 1.29 is 4.74 Å². The van der Waals surface area contributed by atoms with Gasteiger partial charge in [-0.25, -0.2) is 0 Å². The predicted octanol–water partition coefficient (Wildman–Crippen LogP) is 3.34. The number of hydrogen-bond donors (Lipinski definition) is 1. The SMILES string of the molecule is Cc1c(N)cccc1COCCc1ccccc1. The van der Waals surface area contributed by atoms with Crippen LogP contribution in [0.2, 0.25) is 0 Å². The van der Waals surface area contributed by atoms with Crippen molar-refractivity contribution in [3.8, 4) is 0 Å². The smallest absolute Gasteiger partial charge is 0.0720 e. The Balaban J connectivity index is 1.81. The molecule has 0 saturated heterocycles. The Morgan fingerprint density at radius 1 is 1.00 bits per heavy atom. The maximum atomic E-state index is 5.86. The second-order valence-corrected chi connectivity index (χ2v) is 4.42. The molecule has 0 aliphatic heterocycles. The molecular formula is C16H19NO. The standard InChI is InChI=1S/C16H19NO/c1-13-15(8-5-9-16(13)17)12-18-11-10-14-6-3-2-4-7-14/h2-9H,10-12,17H2,1H3. The van der Waals surface area contributed by atoms with E-state index in [9.17, 15) is 0 Å². The van der Waals surface area contributed by atoms with E-state index in [1.807, 2.05) is 25.1 Å². The van der Waals surface area contributed by atoms with E-state index in [0.717, 1.165) is 24.3 Å². The fourth-order valence-electron chi connectivity index (χ4n) is 1.88. The molecule has 94 valence electrons. The van der Waals surface area contributed by atoms with Gasteiger partial charge in [0, 0.05) is 5.69 Å². The van der Waals surface area contributed by atoms with Crippen molar-refractivity contribution in [2.75, 3.05) is 12.3 Å². The van der Waals surface area contributed by atoms with Crippen LogP contribution in [0.3, 0.4) is 0 Å². The van der Waals surface area contributed by atoms with Gasteiger partial charge in [-0.2, -0.15) is 0 Å². The van der Waals surface area contributed by atoms with Gasteiger partial charge in [0.25, 0.3) is 0 Å². The van der Waals surface area contributed by atoms with E-state index in [1.54, 1.807) is 0 Å². The fourth-order valence-corrected chi connectivity index (χ4v) is 1.88. The summed E-state index contributed by atoms with van der Waals surface area (Å²) in [4.78, 5) is 0. The Morgan fingerprint density at radius 3 is 2.56 bits per heavy atom. The van der Waals surface area contributed by atoms with Crippen LogP contribution < -0.4 is 5.73 Å². The van der Waals surface area contributed by atoms with Gasteiger partial charge < -0.3 is 10.5 Å². The molecule has 18 heavy (non-hydrogen) atoms. The second kappa shape index (κ2) is 6.22. The first-order valence-corrected chi connectivity index (χ1v) is 6.23. The highest BCUT2D eigenvalue weighted by Gasteiger charge is 2.01. The molecule has 2 aromatic rings. The summed E-state index contributed by atoms with van der Waals surface area (Å²) in [6.07, 6.45) is 0.947. The van der Waals surface area contributed by atoms with Crippen LogP contribution in [0.4, 0.5) is 5.69 Å². The van der Waals surface area contributed by atoms with Gasteiger partial charge in [0.05, 0.1) is 13.2 Å².